The quantitative estimate of drug-likeness (QED) is 0.726. The third kappa shape index (κ3) is 4.43. The number of hydrogen-bond acceptors (Lipinski definition) is 4. The van der Waals surface area contributed by atoms with Crippen molar-refractivity contribution in [2.75, 3.05) is 0 Å². The van der Waals surface area contributed by atoms with Gasteiger partial charge in [0.05, 0.1) is 16.4 Å². The van der Waals surface area contributed by atoms with E-state index in [0.717, 1.165) is 24.4 Å². The normalized spacial score (nSPS) is 13.6. The molecule has 0 amide bonds. The predicted molar refractivity (Wildman–Crippen MR) is 97.4 cm³/mol. The Morgan fingerprint density at radius 2 is 1.57 bits per heavy atom. The Hall–Kier alpha value is -1.16. The first kappa shape index (κ1) is 18.2. The van der Waals surface area contributed by atoms with Crippen molar-refractivity contribution in [3.05, 3.63) is 33.9 Å². The van der Waals surface area contributed by atoms with Gasteiger partial charge in [0.25, 0.3) is 0 Å². The molecule has 0 aliphatic heterocycles. The van der Waals surface area contributed by atoms with E-state index in [4.69, 9.17) is 14.4 Å². The molecule has 0 saturated carbocycles. The fourth-order valence-corrected chi connectivity index (χ4v) is 3.27. The van der Waals surface area contributed by atoms with Gasteiger partial charge in [-0.25, -0.2) is 9.97 Å². The van der Waals surface area contributed by atoms with Crippen LogP contribution in [0.25, 0.3) is 0 Å². The van der Waals surface area contributed by atoms with Crippen LogP contribution in [-0.4, -0.2) is 9.97 Å². The van der Waals surface area contributed by atoms with Gasteiger partial charge in [0, 0.05) is 28.0 Å². The molecular weight excluding hydrogens is 304 g/mol. The summed E-state index contributed by atoms with van der Waals surface area (Å²) in [5.41, 5.74) is 2.28. The van der Waals surface area contributed by atoms with Crippen molar-refractivity contribution in [3.63, 3.8) is 0 Å². The third-order valence-electron chi connectivity index (χ3n) is 4.12. The number of rotatable bonds is 4. The van der Waals surface area contributed by atoms with Crippen molar-refractivity contribution in [2.24, 2.45) is 0 Å². The van der Waals surface area contributed by atoms with Gasteiger partial charge in [-0.3, -0.25) is 0 Å². The van der Waals surface area contributed by atoms with Gasteiger partial charge in [-0.05, 0) is 6.42 Å². The van der Waals surface area contributed by atoms with Crippen molar-refractivity contribution in [2.45, 2.75) is 84.5 Å². The van der Waals surface area contributed by atoms with E-state index >= 15 is 0 Å². The van der Waals surface area contributed by atoms with Gasteiger partial charge in [0.15, 0.2) is 5.89 Å². The standard InChI is InChI=1S/C19H30N2OS/c1-17(2,3)14-12-23-15(20-14)9-10-19(7,8)13-11-22-16(21-13)18(4,5)6/h11-12H,9-10H2,1-8H3. The topological polar surface area (TPSA) is 38.9 Å². The maximum Gasteiger partial charge on any atom is 0.199 e. The zero-order chi connectivity index (χ0) is 17.5. The van der Waals surface area contributed by atoms with Crippen LogP contribution in [0.5, 0.6) is 0 Å². The molecule has 0 atom stereocenters. The van der Waals surface area contributed by atoms with Gasteiger partial charge in [-0.15, -0.1) is 11.3 Å². The van der Waals surface area contributed by atoms with E-state index in [9.17, 15) is 0 Å². The Labute approximate surface area is 144 Å². The summed E-state index contributed by atoms with van der Waals surface area (Å²) in [4.78, 5) is 9.52. The third-order valence-corrected chi connectivity index (χ3v) is 5.03. The molecule has 2 heterocycles. The molecule has 0 bridgehead atoms. The first-order valence-corrected chi connectivity index (χ1v) is 9.19. The molecule has 0 aromatic carbocycles. The molecule has 2 aromatic rings. The van der Waals surface area contributed by atoms with Crippen molar-refractivity contribution in [1.29, 1.82) is 0 Å². The van der Waals surface area contributed by atoms with E-state index in [-0.39, 0.29) is 16.2 Å². The van der Waals surface area contributed by atoms with Gasteiger partial charge >= 0.3 is 0 Å². The molecule has 0 aliphatic rings. The van der Waals surface area contributed by atoms with Crippen LogP contribution in [-0.2, 0) is 22.7 Å². The van der Waals surface area contributed by atoms with Crippen molar-refractivity contribution in [1.82, 2.24) is 9.97 Å². The van der Waals surface area contributed by atoms with E-state index in [1.165, 1.54) is 10.7 Å². The molecule has 0 unspecified atom stereocenters. The zero-order valence-corrected chi connectivity index (χ0v) is 16.6. The van der Waals surface area contributed by atoms with Crippen LogP contribution in [0.4, 0.5) is 0 Å². The van der Waals surface area contributed by atoms with Crippen LogP contribution in [0.2, 0.25) is 0 Å². The molecule has 0 saturated heterocycles. The summed E-state index contributed by atoms with van der Waals surface area (Å²) in [6.07, 6.45) is 3.81. The Kier molecular flexibility index (Phi) is 4.78. The van der Waals surface area contributed by atoms with Crippen molar-refractivity contribution < 1.29 is 4.42 Å². The molecule has 3 nitrogen and oxygen atoms in total. The molecule has 0 aliphatic carbocycles. The molecule has 128 valence electrons. The number of thiazole rings is 1. The molecule has 2 rings (SSSR count). The number of aromatic nitrogens is 2. The minimum atomic E-state index is -0.0503. The first-order valence-electron chi connectivity index (χ1n) is 8.31. The Balaban J connectivity index is 2.07. The first-order chi connectivity index (χ1) is 10.4. The number of aryl methyl sites for hydroxylation is 1. The second-order valence-electron chi connectivity index (χ2n) is 9.05. The SMILES string of the molecule is CC(C)(C)c1csc(CCC(C)(C)c2coc(C(C)(C)C)n2)n1. The van der Waals surface area contributed by atoms with Crippen LogP contribution in [0, 0.1) is 0 Å². The summed E-state index contributed by atoms with van der Waals surface area (Å²) in [6, 6.07) is 0. The average Bonchev–Trinajstić information content (AvgIpc) is 3.04. The highest BCUT2D eigenvalue weighted by Gasteiger charge is 2.28. The Morgan fingerprint density at radius 3 is 2.04 bits per heavy atom. The van der Waals surface area contributed by atoms with Crippen LogP contribution < -0.4 is 0 Å². The molecule has 2 aromatic heterocycles. The summed E-state index contributed by atoms with van der Waals surface area (Å²) in [5, 5.41) is 3.40. The van der Waals surface area contributed by atoms with E-state index in [0.29, 0.717) is 0 Å². The molecule has 0 fully saturated rings. The lowest BCUT2D eigenvalue weighted by Crippen LogP contribution is -2.20. The largest absolute Gasteiger partial charge is 0.448 e. The highest BCUT2D eigenvalue weighted by molar-refractivity contribution is 7.09. The number of oxazole rings is 1. The summed E-state index contributed by atoms with van der Waals surface area (Å²) >= 11 is 1.77. The van der Waals surface area contributed by atoms with Crippen LogP contribution in [0.1, 0.15) is 84.1 Å². The average molecular weight is 335 g/mol. The summed E-state index contributed by atoms with van der Waals surface area (Å²) in [5.74, 6) is 0.810. The maximum absolute atomic E-state index is 5.69. The van der Waals surface area contributed by atoms with Crippen LogP contribution >= 0.6 is 11.3 Å². The lowest BCUT2D eigenvalue weighted by molar-refractivity contribution is 0.392. The Morgan fingerprint density at radius 1 is 0.913 bits per heavy atom. The fraction of sp³-hybridized carbons (Fsp3) is 0.684. The predicted octanol–water partition coefficient (Wildman–Crippen LogP) is 5.64. The molecule has 4 heteroatoms. The van der Waals surface area contributed by atoms with Crippen molar-refractivity contribution >= 4 is 11.3 Å². The van der Waals surface area contributed by atoms with Crippen molar-refractivity contribution in [3.8, 4) is 0 Å². The molecule has 0 spiro atoms. The Bertz CT molecular complexity index is 653. The summed E-state index contributed by atoms with van der Waals surface area (Å²) in [7, 11) is 0. The van der Waals surface area contributed by atoms with Crippen LogP contribution in [0.3, 0.4) is 0 Å². The van der Waals surface area contributed by atoms with E-state index < -0.39 is 0 Å². The summed E-state index contributed by atoms with van der Waals surface area (Å²) < 4.78 is 5.69. The van der Waals surface area contributed by atoms with Crippen LogP contribution in [0.15, 0.2) is 16.1 Å². The smallest absolute Gasteiger partial charge is 0.199 e. The van der Waals surface area contributed by atoms with Gasteiger partial charge in [0.2, 0.25) is 0 Å². The van der Waals surface area contributed by atoms with Gasteiger partial charge in [-0.1, -0.05) is 55.4 Å². The van der Waals surface area contributed by atoms with E-state index in [1.54, 1.807) is 11.3 Å². The lowest BCUT2D eigenvalue weighted by atomic mass is 9.85. The highest BCUT2D eigenvalue weighted by atomic mass is 32.1. The molecule has 23 heavy (non-hydrogen) atoms. The van der Waals surface area contributed by atoms with E-state index in [1.807, 2.05) is 6.26 Å². The highest BCUT2D eigenvalue weighted by Crippen LogP contribution is 2.32. The second-order valence-corrected chi connectivity index (χ2v) is 9.99. The fourth-order valence-electron chi connectivity index (χ4n) is 2.25. The second kappa shape index (κ2) is 6.04. The zero-order valence-electron chi connectivity index (χ0n) is 15.8. The minimum absolute atomic E-state index is 0.0133. The monoisotopic (exact) mass is 334 g/mol. The maximum atomic E-state index is 5.69. The lowest BCUT2D eigenvalue weighted by Gasteiger charge is -2.21. The van der Waals surface area contributed by atoms with Gasteiger partial charge in [0.1, 0.15) is 6.26 Å². The minimum Gasteiger partial charge on any atom is -0.448 e. The molecule has 0 N–H and O–H groups in total. The number of hydrogen-bond donors (Lipinski definition) is 0. The molecular formula is C19H30N2OS. The molecule has 0 radical (unpaired) electrons. The summed E-state index contributed by atoms with van der Waals surface area (Å²) in [6.45, 7) is 17.5. The van der Waals surface area contributed by atoms with Gasteiger partial charge in [-0.2, -0.15) is 0 Å². The van der Waals surface area contributed by atoms with E-state index in [2.05, 4.69) is 60.8 Å². The number of nitrogens with zero attached hydrogens (tertiary/aromatic N) is 2. The van der Waals surface area contributed by atoms with Gasteiger partial charge < -0.3 is 4.42 Å².